The van der Waals surface area contributed by atoms with Crippen LogP contribution in [0.3, 0.4) is 0 Å². The monoisotopic (exact) mass is 484 g/mol. The zero-order chi connectivity index (χ0) is 22.8. The number of esters is 2. The normalized spacial score (nSPS) is 9.00. The topological polar surface area (TPSA) is 141 Å². The molecule has 3 aromatic rings. The number of nitrogens with two attached hydrogens (primary N) is 2. The van der Waals surface area contributed by atoms with Crippen LogP contribution in [0.4, 0.5) is 10.8 Å². The molecule has 0 saturated carbocycles. The van der Waals surface area contributed by atoms with Gasteiger partial charge in [-0.1, -0.05) is 16.7 Å². The third-order valence-corrected chi connectivity index (χ3v) is 4.65. The first-order valence-electron chi connectivity index (χ1n) is 8.39. The van der Waals surface area contributed by atoms with Gasteiger partial charge in [-0.3, -0.25) is 0 Å². The van der Waals surface area contributed by atoms with E-state index in [9.17, 15) is 9.59 Å². The van der Waals surface area contributed by atoms with Crippen LogP contribution >= 0.6 is 11.3 Å². The molecule has 0 atom stereocenters. The average molecular weight is 485 g/mol. The Balaban J connectivity index is 0.000000511. The molecule has 0 saturated heterocycles. The van der Waals surface area contributed by atoms with Crippen molar-refractivity contribution in [3.05, 3.63) is 52.6 Å². The summed E-state index contributed by atoms with van der Waals surface area (Å²) in [6.07, 6.45) is 0. The van der Waals surface area contributed by atoms with Gasteiger partial charge in [0, 0.05) is 5.69 Å². The van der Waals surface area contributed by atoms with Gasteiger partial charge in [0.25, 0.3) is 0 Å². The van der Waals surface area contributed by atoms with Crippen LogP contribution in [0, 0.1) is 24.5 Å². The van der Waals surface area contributed by atoms with Crippen molar-refractivity contribution in [1.29, 1.82) is 5.26 Å². The summed E-state index contributed by atoms with van der Waals surface area (Å²) < 4.78 is 10.1. The molecule has 0 fully saturated rings. The van der Waals surface area contributed by atoms with Crippen LogP contribution in [0.15, 0.2) is 30.3 Å². The van der Waals surface area contributed by atoms with Crippen LogP contribution in [-0.4, -0.2) is 31.1 Å². The van der Waals surface area contributed by atoms with Crippen LogP contribution in [0.5, 0.6) is 0 Å². The summed E-state index contributed by atoms with van der Waals surface area (Å²) in [5.41, 5.74) is 15.6. The van der Waals surface area contributed by atoms with Crippen LogP contribution < -0.4 is 62.9 Å². The summed E-state index contributed by atoms with van der Waals surface area (Å²) >= 11 is 5.07. The molecule has 1 heterocycles. The number of thiazole rings is 1. The number of thiocyanates is 1. The summed E-state index contributed by atoms with van der Waals surface area (Å²) in [4.78, 5) is 26.5. The van der Waals surface area contributed by atoms with Gasteiger partial charge in [-0.15, -0.1) is 0 Å². The number of rotatable bonds is 2. The van der Waals surface area contributed by atoms with Crippen molar-refractivity contribution < 1.29 is 70.4 Å². The first-order chi connectivity index (χ1) is 14.2. The second kappa shape index (κ2) is 14.3. The Morgan fingerprint density at radius 1 is 1.03 bits per heavy atom. The van der Waals surface area contributed by atoms with Gasteiger partial charge in [-0.2, -0.15) is 0 Å². The van der Waals surface area contributed by atoms with E-state index in [0.717, 1.165) is 21.3 Å². The Labute approximate surface area is 232 Å². The third-order valence-electron chi connectivity index (χ3n) is 3.81. The maximum atomic E-state index is 11.3. The zero-order valence-electron chi connectivity index (χ0n) is 17.9. The maximum absolute atomic E-state index is 11.3. The molecule has 0 unspecified atom stereocenters. The summed E-state index contributed by atoms with van der Waals surface area (Å²) in [6, 6.07) is 8.56. The van der Waals surface area contributed by atoms with Gasteiger partial charge in [0.1, 0.15) is 0 Å². The molecule has 0 aliphatic carbocycles. The minimum atomic E-state index is -0.341. The molecule has 11 heteroatoms. The van der Waals surface area contributed by atoms with E-state index < -0.39 is 0 Å². The standard InChI is InChI=1S/C10H10N2O2S.C9H11NO2.CHNS.K/c1-5-3-6(9(13)14-2)4-7-8(5)12-10(11)15-7;1-6-5-7(9(11)12-2)3-4-8(6)10;2-1-3;/h3-4H,1-2H3,(H2,11,12);3-5H,10H2,1-2H3;3H;/q;;;+1/p-1. The van der Waals surface area contributed by atoms with Gasteiger partial charge in [0.15, 0.2) is 5.13 Å². The Bertz CT molecular complexity index is 1100. The van der Waals surface area contributed by atoms with E-state index in [1.165, 1.54) is 31.0 Å². The molecule has 158 valence electrons. The minimum Gasteiger partial charge on any atom is -0.696 e. The Morgan fingerprint density at radius 3 is 2.06 bits per heavy atom. The van der Waals surface area contributed by atoms with E-state index in [2.05, 4.69) is 27.1 Å². The maximum Gasteiger partial charge on any atom is 1.00 e. The molecule has 8 nitrogen and oxygen atoms in total. The van der Waals surface area contributed by atoms with Crippen molar-refractivity contribution in [2.24, 2.45) is 0 Å². The van der Waals surface area contributed by atoms with E-state index in [1.54, 1.807) is 30.3 Å². The van der Waals surface area contributed by atoms with Crippen molar-refractivity contribution in [3.63, 3.8) is 0 Å². The minimum absolute atomic E-state index is 0. The van der Waals surface area contributed by atoms with Crippen molar-refractivity contribution >= 4 is 56.9 Å². The number of nitriles is 1. The predicted molar refractivity (Wildman–Crippen MR) is 120 cm³/mol. The number of nitrogens with zero attached hydrogens (tertiary/aromatic N) is 2. The number of anilines is 2. The Morgan fingerprint density at radius 2 is 1.55 bits per heavy atom. The fourth-order valence-corrected chi connectivity index (χ4v) is 3.22. The molecule has 4 N–H and O–H groups in total. The van der Waals surface area contributed by atoms with Crippen LogP contribution in [0.1, 0.15) is 31.8 Å². The largest absolute Gasteiger partial charge is 1.00 e. The molecular formula is C20H21KN4O4S2. The number of carbonyl (C=O) groups is 2. The van der Waals surface area contributed by atoms with Gasteiger partial charge in [-0.25, -0.2) is 19.8 Å². The Kier molecular flexibility index (Phi) is 13.5. The van der Waals surface area contributed by atoms with Gasteiger partial charge >= 0.3 is 63.3 Å². The third kappa shape index (κ3) is 8.70. The molecule has 0 bridgehead atoms. The van der Waals surface area contributed by atoms with E-state index in [0.29, 0.717) is 21.9 Å². The fourth-order valence-electron chi connectivity index (χ4n) is 2.37. The van der Waals surface area contributed by atoms with Crippen LogP contribution in [-0.2, 0) is 22.1 Å². The molecule has 2 aromatic carbocycles. The predicted octanol–water partition coefficient (Wildman–Crippen LogP) is 0.356. The van der Waals surface area contributed by atoms with E-state index >= 15 is 0 Å². The van der Waals surface area contributed by atoms with Crippen molar-refractivity contribution in [1.82, 2.24) is 4.98 Å². The molecule has 0 radical (unpaired) electrons. The van der Waals surface area contributed by atoms with Crippen molar-refractivity contribution in [2.45, 2.75) is 13.8 Å². The Hall–Kier alpha value is -1.78. The van der Waals surface area contributed by atoms with Gasteiger partial charge in [0.2, 0.25) is 0 Å². The van der Waals surface area contributed by atoms with Crippen LogP contribution in [0.25, 0.3) is 10.2 Å². The molecule has 0 spiro atoms. The van der Waals surface area contributed by atoms with E-state index in [-0.39, 0.29) is 63.3 Å². The quantitative estimate of drug-likeness (QED) is 0.173. The molecule has 3 rings (SSSR count). The fraction of sp³-hybridized carbons (Fsp3) is 0.200. The number of benzene rings is 2. The summed E-state index contributed by atoms with van der Waals surface area (Å²) in [6.45, 7) is 3.75. The average Bonchev–Trinajstić information content (AvgIpc) is 3.10. The molecule has 0 aliphatic heterocycles. The second-order valence-electron chi connectivity index (χ2n) is 5.84. The number of carbonyl (C=O) groups excluding carboxylic acids is 2. The molecule has 31 heavy (non-hydrogen) atoms. The molecule has 0 aliphatic rings. The molecule has 0 amide bonds. The number of aryl methyl sites for hydroxylation is 2. The smallest absolute Gasteiger partial charge is 0.696 e. The van der Waals surface area contributed by atoms with Crippen molar-refractivity contribution in [3.8, 4) is 5.40 Å². The van der Waals surface area contributed by atoms with E-state index in [1.807, 2.05) is 13.8 Å². The van der Waals surface area contributed by atoms with Gasteiger partial charge in [0.05, 0.1) is 35.6 Å². The zero-order valence-corrected chi connectivity index (χ0v) is 22.6. The first-order valence-corrected chi connectivity index (χ1v) is 9.61. The number of hydrogen-bond donors (Lipinski definition) is 2. The first kappa shape index (κ1) is 29.2. The summed E-state index contributed by atoms with van der Waals surface area (Å²) in [5, 5.41) is 8.98. The second-order valence-corrected chi connectivity index (χ2v) is 7.08. The number of fused-ring (bicyclic) bond motifs is 1. The molecular weight excluding hydrogens is 463 g/mol. The van der Waals surface area contributed by atoms with Gasteiger partial charge in [-0.05, 0) is 55.3 Å². The van der Waals surface area contributed by atoms with Crippen molar-refractivity contribution in [2.75, 3.05) is 25.7 Å². The molecule has 1 aromatic heterocycles. The van der Waals surface area contributed by atoms with Gasteiger partial charge < -0.3 is 33.6 Å². The summed E-state index contributed by atoms with van der Waals surface area (Å²) in [7, 11) is 2.72. The number of nitrogen functional groups attached to an aromatic ring is 2. The van der Waals surface area contributed by atoms with Crippen LogP contribution in [0.2, 0.25) is 0 Å². The number of ether oxygens (including phenoxy) is 2. The number of methoxy groups -OCH3 is 2. The summed E-state index contributed by atoms with van der Waals surface area (Å²) in [5.74, 6) is -0.676. The number of hydrogen-bond acceptors (Lipinski definition) is 10. The number of aromatic nitrogens is 1. The van der Waals surface area contributed by atoms with E-state index in [4.69, 9.17) is 16.7 Å². The SMILES string of the molecule is COC(=O)c1cc(C)c2nc(N)sc2c1.COC(=O)c1ccc(N)c(C)c1.N#C[S-].[K+].